The van der Waals surface area contributed by atoms with E-state index in [1.807, 2.05) is 47.0 Å². The molecule has 2 fully saturated rings. The molecule has 2 aliphatic rings. The van der Waals surface area contributed by atoms with Gasteiger partial charge in [-0.2, -0.15) is 5.10 Å². The van der Waals surface area contributed by atoms with Crippen LogP contribution in [0.4, 0.5) is 0 Å². The molecule has 4 heterocycles. The summed E-state index contributed by atoms with van der Waals surface area (Å²) in [7, 11) is 0. The summed E-state index contributed by atoms with van der Waals surface area (Å²) in [4.78, 5) is 32.1. The second kappa shape index (κ2) is 10.3. The van der Waals surface area contributed by atoms with Crippen LogP contribution in [0, 0.1) is 0 Å². The number of nitrogens with one attached hydrogen (secondary N) is 2. The van der Waals surface area contributed by atoms with E-state index in [9.17, 15) is 9.59 Å². The minimum absolute atomic E-state index is 0.0940. The number of likely N-dealkylation sites (tertiary alicyclic amines) is 1. The Hall–Kier alpha value is -3.72. The Bertz CT molecular complexity index is 1460. The van der Waals surface area contributed by atoms with E-state index in [4.69, 9.17) is 4.74 Å². The summed E-state index contributed by atoms with van der Waals surface area (Å²) in [6.07, 6.45) is 9.55. The third-order valence-electron chi connectivity index (χ3n) is 7.77. The van der Waals surface area contributed by atoms with E-state index in [1.54, 1.807) is 6.20 Å². The van der Waals surface area contributed by atoms with Crippen molar-refractivity contribution in [1.82, 2.24) is 29.8 Å². The van der Waals surface area contributed by atoms with Crippen molar-refractivity contribution >= 4 is 22.3 Å². The fourth-order valence-electron chi connectivity index (χ4n) is 5.74. The smallest absolute Gasteiger partial charge is 0.272 e. The van der Waals surface area contributed by atoms with E-state index in [1.165, 1.54) is 12.8 Å². The van der Waals surface area contributed by atoms with Crippen molar-refractivity contribution in [2.24, 2.45) is 0 Å². The van der Waals surface area contributed by atoms with Gasteiger partial charge in [0.15, 0.2) is 0 Å². The summed E-state index contributed by atoms with van der Waals surface area (Å²) in [5, 5.41) is 11.8. The zero-order chi connectivity index (χ0) is 25.2. The van der Waals surface area contributed by atoms with Gasteiger partial charge in [-0.1, -0.05) is 18.2 Å². The van der Waals surface area contributed by atoms with Crippen molar-refractivity contribution < 1.29 is 9.53 Å². The first-order valence-corrected chi connectivity index (χ1v) is 13.3. The lowest BCUT2D eigenvalue weighted by atomic mass is 9.82. The van der Waals surface area contributed by atoms with Crippen molar-refractivity contribution in [3.05, 3.63) is 70.5 Å². The number of fused-ring (bicyclic) bond motifs is 2. The molecular formula is C28H32N6O3. The van der Waals surface area contributed by atoms with Crippen LogP contribution in [0.15, 0.2) is 53.6 Å². The van der Waals surface area contributed by atoms with Crippen LogP contribution in [0.2, 0.25) is 0 Å². The van der Waals surface area contributed by atoms with Gasteiger partial charge in [0.2, 0.25) is 0 Å². The summed E-state index contributed by atoms with van der Waals surface area (Å²) in [6.45, 7) is 3.90. The Morgan fingerprint density at radius 3 is 2.68 bits per heavy atom. The van der Waals surface area contributed by atoms with Crippen LogP contribution in [-0.4, -0.2) is 62.7 Å². The second-order valence-corrected chi connectivity index (χ2v) is 10.1. The molecule has 0 radical (unpaired) electrons. The van der Waals surface area contributed by atoms with Crippen LogP contribution in [0.25, 0.3) is 16.4 Å². The average Bonchev–Trinajstić information content (AvgIpc) is 3.60. The third kappa shape index (κ3) is 4.96. The molecule has 0 unspecified atom stereocenters. The van der Waals surface area contributed by atoms with Gasteiger partial charge in [-0.25, -0.2) is 10.1 Å². The molecule has 1 amide bonds. The SMILES string of the molecule is O=C(N[C@H]1CC[C@H](c2n[nH]c(=O)c3ccccc32)CC1)c1cnc2cc(OCCN3CCCC3)ccn12. The molecule has 0 bridgehead atoms. The normalized spacial score (nSPS) is 20.4. The van der Waals surface area contributed by atoms with Gasteiger partial charge >= 0.3 is 0 Å². The third-order valence-corrected chi connectivity index (χ3v) is 7.77. The first-order valence-electron chi connectivity index (χ1n) is 13.3. The van der Waals surface area contributed by atoms with E-state index in [2.05, 4.69) is 25.4 Å². The zero-order valence-electron chi connectivity index (χ0n) is 20.9. The summed E-state index contributed by atoms with van der Waals surface area (Å²) in [5.74, 6) is 0.909. The van der Waals surface area contributed by atoms with Crippen LogP contribution in [0.1, 0.15) is 60.6 Å². The highest BCUT2D eigenvalue weighted by molar-refractivity contribution is 5.93. The number of imidazole rings is 1. The van der Waals surface area contributed by atoms with Crippen molar-refractivity contribution in [2.45, 2.75) is 50.5 Å². The predicted octanol–water partition coefficient (Wildman–Crippen LogP) is 3.50. The summed E-state index contributed by atoms with van der Waals surface area (Å²) >= 11 is 0. The van der Waals surface area contributed by atoms with Gasteiger partial charge in [-0.3, -0.25) is 18.9 Å². The quantitative estimate of drug-likeness (QED) is 0.403. The van der Waals surface area contributed by atoms with Gasteiger partial charge in [-0.15, -0.1) is 0 Å². The van der Waals surface area contributed by atoms with Gasteiger partial charge < -0.3 is 10.1 Å². The zero-order valence-corrected chi connectivity index (χ0v) is 20.9. The number of carbonyl (C=O) groups excluding carboxylic acids is 1. The number of H-pyrrole nitrogens is 1. The molecule has 0 spiro atoms. The molecule has 0 atom stereocenters. The molecule has 6 rings (SSSR count). The van der Waals surface area contributed by atoms with Gasteiger partial charge in [0.25, 0.3) is 11.5 Å². The number of carbonyl (C=O) groups is 1. The molecule has 1 aliphatic heterocycles. The number of benzene rings is 1. The molecule has 1 saturated carbocycles. The molecule has 1 aromatic carbocycles. The Balaban J connectivity index is 1.06. The molecule has 37 heavy (non-hydrogen) atoms. The second-order valence-electron chi connectivity index (χ2n) is 10.1. The number of hydrogen-bond donors (Lipinski definition) is 2. The van der Waals surface area contributed by atoms with Gasteiger partial charge in [0, 0.05) is 36.2 Å². The first kappa shape index (κ1) is 23.7. The maximum absolute atomic E-state index is 13.1. The van der Waals surface area contributed by atoms with Gasteiger partial charge in [0.05, 0.1) is 17.3 Å². The Kier molecular flexibility index (Phi) is 6.61. The number of aromatic amines is 1. The fraction of sp³-hybridized carbons (Fsp3) is 0.429. The molecule has 3 aromatic heterocycles. The van der Waals surface area contributed by atoms with E-state index >= 15 is 0 Å². The van der Waals surface area contributed by atoms with Crippen molar-refractivity contribution in [3.8, 4) is 5.75 Å². The molecule has 9 nitrogen and oxygen atoms in total. The highest BCUT2D eigenvalue weighted by Gasteiger charge is 2.27. The number of pyridine rings is 1. The molecule has 4 aromatic rings. The van der Waals surface area contributed by atoms with Crippen LogP contribution >= 0.6 is 0 Å². The number of hydrogen-bond acceptors (Lipinski definition) is 6. The lowest BCUT2D eigenvalue weighted by Crippen LogP contribution is -2.38. The van der Waals surface area contributed by atoms with Gasteiger partial charge in [-0.05, 0) is 63.7 Å². The highest BCUT2D eigenvalue weighted by Crippen LogP contribution is 2.34. The number of ether oxygens (including phenoxy) is 1. The monoisotopic (exact) mass is 500 g/mol. The summed E-state index contributed by atoms with van der Waals surface area (Å²) < 4.78 is 7.74. The lowest BCUT2D eigenvalue weighted by Gasteiger charge is -2.29. The summed E-state index contributed by atoms with van der Waals surface area (Å²) in [5.41, 5.74) is 2.01. The Labute approximate surface area is 214 Å². The van der Waals surface area contributed by atoms with E-state index in [-0.39, 0.29) is 23.4 Å². The van der Waals surface area contributed by atoms with Crippen LogP contribution < -0.4 is 15.6 Å². The molecule has 1 saturated heterocycles. The van der Waals surface area contributed by atoms with E-state index in [0.29, 0.717) is 23.3 Å². The summed E-state index contributed by atoms with van der Waals surface area (Å²) in [6, 6.07) is 11.5. The largest absolute Gasteiger partial charge is 0.492 e. The molecule has 192 valence electrons. The number of aromatic nitrogens is 4. The molecule has 9 heteroatoms. The number of rotatable bonds is 7. The first-order chi connectivity index (χ1) is 18.2. The van der Waals surface area contributed by atoms with Crippen LogP contribution in [0.3, 0.4) is 0 Å². The predicted molar refractivity (Wildman–Crippen MR) is 141 cm³/mol. The van der Waals surface area contributed by atoms with E-state index in [0.717, 1.165) is 62.1 Å². The van der Waals surface area contributed by atoms with Gasteiger partial charge in [0.1, 0.15) is 23.7 Å². The number of amides is 1. The van der Waals surface area contributed by atoms with Crippen LogP contribution in [-0.2, 0) is 0 Å². The van der Waals surface area contributed by atoms with Crippen molar-refractivity contribution in [2.75, 3.05) is 26.2 Å². The maximum atomic E-state index is 13.1. The highest BCUT2D eigenvalue weighted by atomic mass is 16.5. The van der Waals surface area contributed by atoms with Crippen LogP contribution in [0.5, 0.6) is 5.75 Å². The topological polar surface area (TPSA) is 105 Å². The average molecular weight is 501 g/mol. The van der Waals surface area contributed by atoms with Crippen molar-refractivity contribution in [3.63, 3.8) is 0 Å². The number of nitrogens with zero attached hydrogens (tertiary/aromatic N) is 4. The molecule has 2 N–H and O–H groups in total. The molecule has 1 aliphatic carbocycles. The lowest BCUT2D eigenvalue weighted by molar-refractivity contribution is 0.0919. The molecular weight excluding hydrogens is 468 g/mol. The minimum Gasteiger partial charge on any atom is -0.492 e. The maximum Gasteiger partial charge on any atom is 0.272 e. The standard InChI is InChI=1S/C28H32N6O3/c35-27-23-6-2-1-5-22(23)26(31-32-27)19-7-9-20(10-8-19)30-28(36)24-18-29-25-17-21(11-14-34(24)25)37-16-15-33-12-3-4-13-33/h1-2,5-6,11,14,17-20H,3-4,7-10,12-13,15-16H2,(H,30,36)(H,32,35)/t19-,20-. The Morgan fingerprint density at radius 2 is 1.86 bits per heavy atom. The van der Waals surface area contributed by atoms with E-state index < -0.39 is 0 Å². The van der Waals surface area contributed by atoms with Crippen molar-refractivity contribution in [1.29, 1.82) is 0 Å². The Morgan fingerprint density at radius 1 is 1.08 bits per heavy atom. The fourth-order valence-corrected chi connectivity index (χ4v) is 5.74. The minimum atomic E-state index is -0.158.